The fraction of sp³-hybridized carbons (Fsp3) is 1.00. The van der Waals surface area contributed by atoms with Gasteiger partial charge in [-0.15, -0.1) is 0 Å². The summed E-state index contributed by atoms with van der Waals surface area (Å²) in [7, 11) is 4.11. The lowest BCUT2D eigenvalue weighted by Gasteiger charge is -2.21. The first-order chi connectivity index (χ1) is 6.06. The molecule has 0 fully saturated rings. The van der Waals surface area contributed by atoms with Gasteiger partial charge in [0.2, 0.25) is 0 Å². The minimum absolute atomic E-state index is 0.343. The van der Waals surface area contributed by atoms with Crippen molar-refractivity contribution in [1.82, 2.24) is 10.2 Å². The van der Waals surface area contributed by atoms with Crippen molar-refractivity contribution >= 4 is 0 Å². The zero-order valence-corrected chi connectivity index (χ0v) is 9.63. The van der Waals surface area contributed by atoms with Crippen LogP contribution in [0.25, 0.3) is 0 Å². The van der Waals surface area contributed by atoms with E-state index in [1.54, 1.807) is 0 Å². The Labute approximate surface area is 82.4 Å². The van der Waals surface area contributed by atoms with Crippen molar-refractivity contribution in [2.24, 2.45) is 0 Å². The molecule has 3 nitrogen and oxygen atoms in total. The molecule has 13 heavy (non-hydrogen) atoms. The predicted molar refractivity (Wildman–Crippen MR) is 57.1 cm³/mol. The Bertz CT molecular complexity index is 117. The molecule has 1 unspecified atom stereocenters. The molecule has 0 heterocycles. The molecule has 0 amide bonds. The molecule has 0 saturated carbocycles. The van der Waals surface area contributed by atoms with Gasteiger partial charge >= 0.3 is 0 Å². The molecular weight excluding hydrogens is 164 g/mol. The Morgan fingerprint density at radius 2 is 1.92 bits per heavy atom. The molecule has 0 rings (SSSR count). The second-order valence-electron chi connectivity index (χ2n) is 3.87. The first-order valence-corrected chi connectivity index (χ1v) is 5.03. The van der Waals surface area contributed by atoms with Crippen LogP contribution in [0.2, 0.25) is 0 Å². The normalized spacial score (nSPS) is 14.1. The molecule has 0 aliphatic carbocycles. The van der Waals surface area contributed by atoms with E-state index in [2.05, 4.69) is 38.0 Å². The van der Waals surface area contributed by atoms with Crippen LogP contribution < -0.4 is 5.32 Å². The number of nitrogens with zero attached hydrogens (tertiary/aromatic N) is 1. The van der Waals surface area contributed by atoms with Gasteiger partial charge in [-0.3, -0.25) is 0 Å². The smallest absolute Gasteiger partial charge is 0.0596 e. The molecule has 0 spiro atoms. The average Bonchev–Trinajstić information content (AvgIpc) is 2.03. The molecule has 0 saturated heterocycles. The summed E-state index contributed by atoms with van der Waals surface area (Å²) in [4.78, 5) is 2.28. The Kier molecular flexibility index (Phi) is 7.23. The van der Waals surface area contributed by atoms with Crippen LogP contribution in [0.1, 0.15) is 20.8 Å². The molecule has 0 aromatic rings. The molecule has 0 aliphatic rings. The molecule has 0 bridgehead atoms. The standard InChI is InChI=1S/C10H24N2O/c1-9(2)13-7-6-12(5)8-10(3)11-4/h9-11H,6-8H2,1-5H3. The van der Waals surface area contributed by atoms with Gasteiger partial charge in [-0.05, 0) is 34.9 Å². The molecule has 3 heteroatoms. The number of nitrogens with one attached hydrogen (secondary N) is 1. The number of hydrogen-bond acceptors (Lipinski definition) is 3. The molecule has 0 radical (unpaired) electrons. The summed E-state index contributed by atoms with van der Waals surface area (Å²) in [5.41, 5.74) is 0. The van der Waals surface area contributed by atoms with Gasteiger partial charge in [-0.1, -0.05) is 0 Å². The monoisotopic (exact) mass is 188 g/mol. The quantitative estimate of drug-likeness (QED) is 0.644. The highest BCUT2D eigenvalue weighted by Gasteiger charge is 2.03. The van der Waals surface area contributed by atoms with Crippen molar-refractivity contribution < 1.29 is 4.74 Å². The Morgan fingerprint density at radius 1 is 1.31 bits per heavy atom. The van der Waals surface area contributed by atoms with Crippen LogP contribution in [0, 0.1) is 0 Å². The number of rotatable bonds is 7. The minimum atomic E-state index is 0.343. The van der Waals surface area contributed by atoms with Crippen LogP contribution in [0.15, 0.2) is 0 Å². The summed E-state index contributed by atoms with van der Waals surface area (Å²) in [6.45, 7) is 9.21. The van der Waals surface area contributed by atoms with Gasteiger partial charge in [0.25, 0.3) is 0 Å². The number of hydrogen-bond donors (Lipinski definition) is 1. The van der Waals surface area contributed by atoms with E-state index in [0.717, 1.165) is 19.7 Å². The van der Waals surface area contributed by atoms with E-state index in [-0.39, 0.29) is 0 Å². The lowest BCUT2D eigenvalue weighted by atomic mass is 10.3. The zero-order valence-electron chi connectivity index (χ0n) is 9.63. The fourth-order valence-corrected chi connectivity index (χ4v) is 1.09. The average molecular weight is 188 g/mol. The van der Waals surface area contributed by atoms with Gasteiger partial charge in [-0.25, -0.2) is 0 Å². The van der Waals surface area contributed by atoms with Crippen molar-refractivity contribution in [2.45, 2.75) is 32.9 Å². The number of likely N-dealkylation sites (N-methyl/N-ethyl adjacent to an activating group) is 2. The summed E-state index contributed by atoms with van der Waals surface area (Å²) in [5.74, 6) is 0. The highest BCUT2D eigenvalue weighted by molar-refractivity contribution is 4.62. The van der Waals surface area contributed by atoms with Crippen molar-refractivity contribution in [3.8, 4) is 0 Å². The third kappa shape index (κ3) is 8.22. The highest BCUT2D eigenvalue weighted by Crippen LogP contribution is 1.91. The molecule has 0 aromatic carbocycles. The van der Waals surface area contributed by atoms with Crippen LogP contribution in [0.4, 0.5) is 0 Å². The maximum atomic E-state index is 5.47. The maximum absolute atomic E-state index is 5.47. The highest BCUT2D eigenvalue weighted by atomic mass is 16.5. The van der Waals surface area contributed by atoms with Crippen molar-refractivity contribution in [3.05, 3.63) is 0 Å². The van der Waals surface area contributed by atoms with E-state index in [0.29, 0.717) is 12.1 Å². The van der Waals surface area contributed by atoms with Crippen LogP contribution in [-0.4, -0.2) is 50.8 Å². The Hall–Kier alpha value is -0.120. The second-order valence-corrected chi connectivity index (χ2v) is 3.87. The maximum Gasteiger partial charge on any atom is 0.0596 e. The first-order valence-electron chi connectivity index (χ1n) is 5.03. The largest absolute Gasteiger partial charge is 0.377 e. The SMILES string of the molecule is CNC(C)CN(C)CCOC(C)C. The van der Waals surface area contributed by atoms with Crippen LogP contribution >= 0.6 is 0 Å². The third-order valence-electron chi connectivity index (χ3n) is 2.00. The van der Waals surface area contributed by atoms with Crippen LogP contribution in [0.5, 0.6) is 0 Å². The molecule has 80 valence electrons. The van der Waals surface area contributed by atoms with Gasteiger partial charge in [-0.2, -0.15) is 0 Å². The molecule has 1 atom stereocenters. The van der Waals surface area contributed by atoms with Crippen molar-refractivity contribution in [3.63, 3.8) is 0 Å². The number of ether oxygens (including phenoxy) is 1. The summed E-state index contributed by atoms with van der Waals surface area (Å²) in [6.07, 6.45) is 0.343. The molecule has 1 N–H and O–H groups in total. The van der Waals surface area contributed by atoms with E-state index < -0.39 is 0 Å². The predicted octanol–water partition coefficient (Wildman–Crippen LogP) is 0.951. The van der Waals surface area contributed by atoms with E-state index in [4.69, 9.17) is 4.74 Å². The van der Waals surface area contributed by atoms with Gasteiger partial charge < -0.3 is 15.0 Å². The van der Waals surface area contributed by atoms with Gasteiger partial charge in [0.05, 0.1) is 12.7 Å². The van der Waals surface area contributed by atoms with E-state index in [9.17, 15) is 0 Å². The lowest BCUT2D eigenvalue weighted by molar-refractivity contribution is 0.0627. The van der Waals surface area contributed by atoms with Crippen molar-refractivity contribution in [1.29, 1.82) is 0 Å². The topological polar surface area (TPSA) is 24.5 Å². The summed E-state index contributed by atoms with van der Waals surface area (Å²) in [5, 5.41) is 3.21. The van der Waals surface area contributed by atoms with Crippen LogP contribution in [0.3, 0.4) is 0 Å². The molecule has 0 aliphatic heterocycles. The Morgan fingerprint density at radius 3 is 2.38 bits per heavy atom. The van der Waals surface area contributed by atoms with Gasteiger partial charge in [0, 0.05) is 19.1 Å². The molecule has 0 aromatic heterocycles. The van der Waals surface area contributed by atoms with Gasteiger partial charge in [0.15, 0.2) is 0 Å². The first kappa shape index (κ1) is 12.9. The zero-order chi connectivity index (χ0) is 10.3. The summed E-state index contributed by atoms with van der Waals surface area (Å²) in [6, 6.07) is 0.545. The van der Waals surface area contributed by atoms with E-state index >= 15 is 0 Å². The third-order valence-corrected chi connectivity index (χ3v) is 2.00. The van der Waals surface area contributed by atoms with Crippen molar-refractivity contribution in [2.75, 3.05) is 33.8 Å². The Balaban J connectivity index is 3.34. The lowest BCUT2D eigenvalue weighted by Crippen LogP contribution is -2.37. The summed E-state index contributed by atoms with van der Waals surface area (Å²) < 4.78 is 5.47. The summed E-state index contributed by atoms with van der Waals surface area (Å²) >= 11 is 0. The van der Waals surface area contributed by atoms with Gasteiger partial charge in [0.1, 0.15) is 0 Å². The van der Waals surface area contributed by atoms with E-state index in [1.807, 2.05) is 7.05 Å². The second kappa shape index (κ2) is 7.30. The van der Waals surface area contributed by atoms with E-state index in [1.165, 1.54) is 0 Å². The molecular formula is C10H24N2O. The minimum Gasteiger partial charge on any atom is -0.377 e. The fourth-order valence-electron chi connectivity index (χ4n) is 1.09. The van der Waals surface area contributed by atoms with Crippen LogP contribution in [-0.2, 0) is 4.74 Å².